The smallest absolute Gasteiger partial charge is 0.140 e. The van der Waals surface area contributed by atoms with Crippen LogP contribution in [0.15, 0.2) is 18.2 Å². The van der Waals surface area contributed by atoms with Crippen molar-refractivity contribution in [1.82, 2.24) is 0 Å². The Morgan fingerprint density at radius 1 is 1.56 bits per heavy atom. The summed E-state index contributed by atoms with van der Waals surface area (Å²) in [6, 6.07) is 8.74. The van der Waals surface area contributed by atoms with Gasteiger partial charge in [-0.3, -0.25) is 0 Å². The first-order chi connectivity index (χ1) is 4.47. The predicted octanol–water partition coefficient (Wildman–Crippen LogP) is 1.58. The van der Waals surface area contributed by atoms with Crippen LogP contribution in [0, 0.1) is 12.7 Å². The van der Waals surface area contributed by atoms with Crippen LogP contribution in [0.5, 0.6) is 5.75 Å². The molecule has 44 valence electrons. The maximum atomic E-state index is 5.15. The molecule has 1 aliphatic rings. The van der Waals surface area contributed by atoms with Gasteiger partial charge in [-0.25, -0.2) is 0 Å². The SMILES string of the molecule is [c]1ccc2c(c1)C[CH]O2. The molecular formula is C8H6O. The van der Waals surface area contributed by atoms with E-state index in [0.717, 1.165) is 12.2 Å². The third kappa shape index (κ3) is 0.689. The molecule has 1 aromatic carbocycles. The lowest BCUT2D eigenvalue weighted by molar-refractivity contribution is 0.435. The zero-order valence-electron chi connectivity index (χ0n) is 4.92. The first-order valence-electron chi connectivity index (χ1n) is 2.94. The Labute approximate surface area is 54.3 Å². The van der Waals surface area contributed by atoms with Gasteiger partial charge in [-0.2, -0.15) is 0 Å². The summed E-state index contributed by atoms with van der Waals surface area (Å²) in [6.45, 7) is 1.80. The minimum atomic E-state index is 0.923. The van der Waals surface area contributed by atoms with Gasteiger partial charge in [0.2, 0.25) is 0 Å². The van der Waals surface area contributed by atoms with E-state index in [4.69, 9.17) is 4.74 Å². The van der Waals surface area contributed by atoms with Gasteiger partial charge in [-0.05, 0) is 23.8 Å². The van der Waals surface area contributed by atoms with Gasteiger partial charge < -0.3 is 4.74 Å². The minimum Gasteiger partial charge on any atom is -0.486 e. The highest BCUT2D eigenvalue weighted by Crippen LogP contribution is 2.25. The van der Waals surface area contributed by atoms with Gasteiger partial charge in [0.1, 0.15) is 12.4 Å². The Balaban J connectivity index is 2.54. The van der Waals surface area contributed by atoms with Crippen molar-refractivity contribution in [3.8, 4) is 5.75 Å². The van der Waals surface area contributed by atoms with Gasteiger partial charge >= 0.3 is 0 Å². The molecule has 0 amide bonds. The summed E-state index contributed by atoms with van der Waals surface area (Å²) < 4.78 is 5.15. The second kappa shape index (κ2) is 1.76. The molecule has 0 N–H and O–H groups in total. The van der Waals surface area contributed by atoms with Crippen molar-refractivity contribution in [2.75, 3.05) is 0 Å². The van der Waals surface area contributed by atoms with Crippen molar-refractivity contribution in [2.24, 2.45) is 0 Å². The molecule has 0 bridgehead atoms. The van der Waals surface area contributed by atoms with Crippen LogP contribution in [0.2, 0.25) is 0 Å². The molecule has 0 atom stereocenters. The molecule has 9 heavy (non-hydrogen) atoms. The van der Waals surface area contributed by atoms with E-state index in [9.17, 15) is 0 Å². The average Bonchev–Trinajstić information content (AvgIpc) is 2.33. The second-order valence-corrected chi connectivity index (χ2v) is 2.02. The summed E-state index contributed by atoms with van der Waals surface area (Å²) >= 11 is 0. The number of hydrogen-bond donors (Lipinski definition) is 0. The normalized spacial score (nSPS) is 14.7. The number of benzene rings is 1. The molecule has 2 radical (unpaired) electrons. The minimum absolute atomic E-state index is 0.923. The van der Waals surface area contributed by atoms with Crippen LogP contribution in [0.1, 0.15) is 5.56 Å². The molecule has 1 nitrogen and oxygen atoms in total. The zero-order valence-corrected chi connectivity index (χ0v) is 4.92. The van der Waals surface area contributed by atoms with Gasteiger partial charge in [-0.1, -0.05) is 6.07 Å². The van der Waals surface area contributed by atoms with E-state index in [2.05, 4.69) is 6.07 Å². The fourth-order valence-electron chi connectivity index (χ4n) is 0.946. The van der Waals surface area contributed by atoms with E-state index in [1.807, 2.05) is 18.2 Å². The Bertz CT molecular complexity index is 195. The number of rotatable bonds is 0. The third-order valence-corrected chi connectivity index (χ3v) is 1.42. The molecule has 0 aliphatic carbocycles. The van der Waals surface area contributed by atoms with Gasteiger partial charge in [0.05, 0.1) is 0 Å². The molecule has 1 heterocycles. The van der Waals surface area contributed by atoms with Crippen molar-refractivity contribution in [3.05, 3.63) is 36.4 Å². The molecule has 0 spiro atoms. The molecular weight excluding hydrogens is 112 g/mol. The summed E-state index contributed by atoms with van der Waals surface area (Å²) in [7, 11) is 0. The zero-order chi connectivity index (χ0) is 6.10. The molecule has 2 rings (SSSR count). The van der Waals surface area contributed by atoms with E-state index in [-0.39, 0.29) is 0 Å². The van der Waals surface area contributed by atoms with Crippen LogP contribution in [-0.4, -0.2) is 0 Å². The number of fused-ring (bicyclic) bond motifs is 1. The topological polar surface area (TPSA) is 9.23 Å². The molecule has 0 aromatic heterocycles. The maximum Gasteiger partial charge on any atom is 0.140 e. The van der Waals surface area contributed by atoms with Crippen LogP contribution in [0.25, 0.3) is 0 Å². The lowest BCUT2D eigenvalue weighted by atomic mass is 10.2. The lowest BCUT2D eigenvalue weighted by Crippen LogP contribution is -1.76. The first kappa shape index (κ1) is 4.86. The predicted molar refractivity (Wildman–Crippen MR) is 33.9 cm³/mol. The maximum absolute atomic E-state index is 5.15. The molecule has 1 aromatic rings. The summed E-state index contributed by atoms with van der Waals surface area (Å²) in [5.41, 5.74) is 1.23. The van der Waals surface area contributed by atoms with E-state index in [1.165, 1.54) is 5.56 Å². The van der Waals surface area contributed by atoms with Crippen molar-refractivity contribution in [1.29, 1.82) is 0 Å². The van der Waals surface area contributed by atoms with Crippen LogP contribution < -0.4 is 4.74 Å². The lowest BCUT2D eigenvalue weighted by Gasteiger charge is -1.93. The Hall–Kier alpha value is -0.980. The highest BCUT2D eigenvalue weighted by molar-refractivity contribution is 5.37. The molecule has 0 saturated heterocycles. The highest BCUT2D eigenvalue weighted by Gasteiger charge is 2.09. The fraction of sp³-hybridized carbons (Fsp3) is 0.125. The summed E-state index contributed by atoms with van der Waals surface area (Å²) in [4.78, 5) is 0. The van der Waals surface area contributed by atoms with Gasteiger partial charge in [0.15, 0.2) is 0 Å². The molecule has 0 fully saturated rings. The standard InChI is InChI=1S/C8H6O/c1-2-4-8-7(3-1)5-6-9-8/h2-4,6H,5H2. The van der Waals surface area contributed by atoms with E-state index in [1.54, 1.807) is 6.61 Å². The van der Waals surface area contributed by atoms with E-state index < -0.39 is 0 Å². The fourth-order valence-corrected chi connectivity index (χ4v) is 0.946. The van der Waals surface area contributed by atoms with Crippen molar-refractivity contribution in [3.63, 3.8) is 0 Å². The molecule has 0 saturated carbocycles. The van der Waals surface area contributed by atoms with Crippen molar-refractivity contribution < 1.29 is 4.74 Å². The van der Waals surface area contributed by atoms with Crippen LogP contribution in [0.3, 0.4) is 0 Å². The Kier molecular flexibility index (Phi) is 0.950. The second-order valence-electron chi connectivity index (χ2n) is 2.02. The largest absolute Gasteiger partial charge is 0.486 e. The average molecular weight is 118 g/mol. The molecule has 1 aliphatic heterocycles. The highest BCUT2D eigenvalue weighted by atomic mass is 16.5. The van der Waals surface area contributed by atoms with Gasteiger partial charge in [-0.15, -0.1) is 0 Å². The van der Waals surface area contributed by atoms with Crippen LogP contribution >= 0.6 is 0 Å². The van der Waals surface area contributed by atoms with Crippen molar-refractivity contribution >= 4 is 0 Å². The van der Waals surface area contributed by atoms with Gasteiger partial charge in [0, 0.05) is 6.42 Å². The first-order valence-corrected chi connectivity index (χ1v) is 2.94. The van der Waals surface area contributed by atoms with Crippen molar-refractivity contribution in [2.45, 2.75) is 6.42 Å². The third-order valence-electron chi connectivity index (χ3n) is 1.42. The summed E-state index contributed by atoms with van der Waals surface area (Å²) in [5.74, 6) is 0.980. The number of ether oxygens (including phenoxy) is 1. The quantitative estimate of drug-likeness (QED) is 0.502. The number of hydrogen-bond acceptors (Lipinski definition) is 1. The van der Waals surface area contributed by atoms with Crippen LogP contribution in [-0.2, 0) is 6.42 Å². The van der Waals surface area contributed by atoms with E-state index in [0.29, 0.717) is 0 Å². The monoisotopic (exact) mass is 118 g/mol. The van der Waals surface area contributed by atoms with Gasteiger partial charge in [0.25, 0.3) is 0 Å². The summed E-state index contributed by atoms with van der Waals surface area (Å²) in [5, 5.41) is 0. The Morgan fingerprint density at radius 2 is 2.56 bits per heavy atom. The summed E-state index contributed by atoms with van der Waals surface area (Å²) in [6.07, 6.45) is 0.923. The molecule has 0 unspecified atom stereocenters. The van der Waals surface area contributed by atoms with E-state index >= 15 is 0 Å². The van der Waals surface area contributed by atoms with Crippen LogP contribution in [0.4, 0.5) is 0 Å². The molecule has 1 heteroatoms. The Morgan fingerprint density at radius 3 is 3.44 bits per heavy atom.